The molecule has 1 saturated heterocycles. The topological polar surface area (TPSA) is 80.1 Å². The molecule has 0 N–H and O–H groups in total. The van der Waals surface area contributed by atoms with Crippen molar-refractivity contribution in [1.82, 2.24) is 9.21 Å². The molecule has 0 unspecified atom stereocenters. The summed E-state index contributed by atoms with van der Waals surface area (Å²) in [7, 11) is -4.07. The van der Waals surface area contributed by atoms with Gasteiger partial charge in [-0.1, -0.05) is 35.4 Å². The second-order valence-electron chi connectivity index (χ2n) is 9.07. The van der Waals surface area contributed by atoms with E-state index in [-0.39, 0.29) is 37.4 Å². The number of rotatable bonds is 7. The minimum absolute atomic E-state index is 0.0971. The fraction of sp³-hybridized carbons (Fsp3) is 0.346. The first-order valence-electron chi connectivity index (χ1n) is 11.6. The van der Waals surface area contributed by atoms with Gasteiger partial charge in [-0.3, -0.25) is 9.69 Å². The number of nitrogens with zero attached hydrogens (tertiary/aromatic N) is 2. The second kappa shape index (κ2) is 10.7. The van der Waals surface area contributed by atoms with Crippen LogP contribution in [0.3, 0.4) is 0 Å². The first kappa shape index (κ1) is 26.9. The van der Waals surface area contributed by atoms with E-state index in [1.54, 1.807) is 0 Å². The van der Waals surface area contributed by atoms with Gasteiger partial charge in [0.25, 0.3) is 0 Å². The van der Waals surface area contributed by atoms with Gasteiger partial charge in [0.15, 0.2) is 0 Å². The smallest absolute Gasteiger partial charge is 0.416 e. The molecule has 0 atom stereocenters. The zero-order chi connectivity index (χ0) is 26.8. The molecule has 0 saturated carbocycles. The summed E-state index contributed by atoms with van der Waals surface area (Å²) < 4.78 is 77.2. The van der Waals surface area contributed by atoms with Crippen molar-refractivity contribution in [2.45, 2.75) is 38.1 Å². The standard InChI is InChI=1S/C26H27F3N2O5S/c1-18-10-19(2)12-20(11-18)16-36-25-17-35-22(14-24(25)32)15-30-6-8-31(9-7-30)37(33,34)23-5-3-4-21(13-23)26(27,28)29/h3-5,10-14,17H,6-9,15-16H2,1-2H3. The van der Waals surface area contributed by atoms with Crippen LogP contribution in [0.5, 0.6) is 5.75 Å². The predicted octanol–water partition coefficient (Wildman–Crippen LogP) is 4.36. The molecular formula is C26H27F3N2O5S. The lowest BCUT2D eigenvalue weighted by Crippen LogP contribution is -2.48. The van der Waals surface area contributed by atoms with Crippen LogP contribution in [0.1, 0.15) is 28.0 Å². The van der Waals surface area contributed by atoms with E-state index in [0.29, 0.717) is 24.9 Å². The van der Waals surface area contributed by atoms with E-state index in [9.17, 15) is 26.4 Å². The third-order valence-corrected chi connectivity index (χ3v) is 7.93. The summed E-state index contributed by atoms with van der Waals surface area (Å²) in [5, 5.41) is 0. The third-order valence-electron chi connectivity index (χ3n) is 6.04. The van der Waals surface area contributed by atoms with Gasteiger partial charge in [0.2, 0.25) is 21.2 Å². The molecular weight excluding hydrogens is 509 g/mol. The molecule has 0 radical (unpaired) electrons. The fourth-order valence-corrected chi connectivity index (χ4v) is 5.74. The third kappa shape index (κ3) is 6.60. The van der Waals surface area contributed by atoms with Gasteiger partial charge in [-0.2, -0.15) is 17.5 Å². The first-order valence-corrected chi connectivity index (χ1v) is 13.1. The van der Waals surface area contributed by atoms with E-state index in [0.717, 1.165) is 34.9 Å². The molecule has 11 heteroatoms. The van der Waals surface area contributed by atoms with Gasteiger partial charge in [0.1, 0.15) is 18.6 Å². The summed E-state index contributed by atoms with van der Waals surface area (Å²) in [6, 6.07) is 11.1. The summed E-state index contributed by atoms with van der Waals surface area (Å²) in [6.45, 7) is 5.33. The number of benzene rings is 2. The molecule has 37 heavy (non-hydrogen) atoms. The lowest BCUT2D eigenvalue weighted by Gasteiger charge is -2.33. The summed E-state index contributed by atoms with van der Waals surface area (Å²) in [5.41, 5.74) is 1.81. The normalized spacial score (nSPS) is 15.6. The maximum absolute atomic E-state index is 13.0. The van der Waals surface area contributed by atoms with Crippen LogP contribution < -0.4 is 10.2 Å². The highest BCUT2D eigenvalue weighted by Crippen LogP contribution is 2.31. The van der Waals surface area contributed by atoms with E-state index >= 15 is 0 Å². The highest BCUT2D eigenvalue weighted by molar-refractivity contribution is 7.89. The van der Waals surface area contributed by atoms with Crippen molar-refractivity contribution in [3.8, 4) is 5.75 Å². The Kier molecular flexibility index (Phi) is 7.77. The number of ether oxygens (including phenoxy) is 1. The Morgan fingerprint density at radius 2 is 1.65 bits per heavy atom. The summed E-state index contributed by atoms with van der Waals surface area (Å²) in [6.07, 6.45) is -3.36. The Labute approximate surface area is 213 Å². The molecule has 1 aliphatic heterocycles. The van der Waals surface area contributed by atoms with E-state index in [2.05, 4.69) is 0 Å². The van der Waals surface area contributed by atoms with Gasteiger partial charge < -0.3 is 9.15 Å². The predicted molar refractivity (Wildman–Crippen MR) is 131 cm³/mol. The van der Waals surface area contributed by atoms with Crippen molar-refractivity contribution in [2.75, 3.05) is 26.2 Å². The fourth-order valence-electron chi connectivity index (χ4n) is 4.27. The Morgan fingerprint density at radius 1 is 0.973 bits per heavy atom. The van der Waals surface area contributed by atoms with Crippen molar-refractivity contribution in [2.24, 2.45) is 0 Å². The second-order valence-corrected chi connectivity index (χ2v) is 11.0. The zero-order valence-corrected chi connectivity index (χ0v) is 21.2. The number of halogens is 3. The number of hydrogen-bond acceptors (Lipinski definition) is 6. The van der Waals surface area contributed by atoms with Gasteiger partial charge in [-0.25, -0.2) is 8.42 Å². The van der Waals surface area contributed by atoms with Crippen LogP contribution in [0.4, 0.5) is 13.2 Å². The van der Waals surface area contributed by atoms with Crippen LogP contribution in [-0.2, 0) is 29.4 Å². The number of hydrogen-bond donors (Lipinski definition) is 0. The Bertz CT molecular complexity index is 1410. The number of alkyl halides is 3. The van der Waals surface area contributed by atoms with Gasteiger partial charge in [0.05, 0.1) is 17.0 Å². The molecule has 1 aromatic heterocycles. The molecule has 0 spiro atoms. The number of piperazine rings is 1. The van der Waals surface area contributed by atoms with Crippen molar-refractivity contribution < 1.29 is 30.7 Å². The highest BCUT2D eigenvalue weighted by atomic mass is 32.2. The molecule has 0 bridgehead atoms. The molecule has 0 amide bonds. The molecule has 7 nitrogen and oxygen atoms in total. The van der Waals surface area contributed by atoms with E-state index in [4.69, 9.17) is 9.15 Å². The van der Waals surface area contributed by atoms with Crippen LogP contribution in [0, 0.1) is 13.8 Å². The van der Waals surface area contributed by atoms with Crippen LogP contribution in [0.25, 0.3) is 0 Å². The quantitative estimate of drug-likeness (QED) is 0.447. The molecule has 4 rings (SSSR count). The summed E-state index contributed by atoms with van der Waals surface area (Å²) >= 11 is 0. The minimum atomic E-state index is -4.63. The summed E-state index contributed by atoms with van der Waals surface area (Å²) in [4.78, 5) is 14.0. The molecule has 2 heterocycles. The van der Waals surface area contributed by atoms with Crippen molar-refractivity contribution in [3.63, 3.8) is 0 Å². The Hall–Kier alpha value is -3.15. The maximum atomic E-state index is 13.0. The molecule has 1 aliphatic rings. The average molecular weight is 537 g/mol. The van der Waals surface area contributed by atoms with Crippen molar-refractivity contribution in [1.29, 1.82) is 0 Å². The lowest BCUT2D eigenvalue weighted by atomic mass is 10.1. The first-order chi connectivity index (χ1) is 17.4. The molecule has 198 valence electrons. The molecule has 3 aromatic rings. The van der Waals surface area contributed by atoms with Crippen LogP contribution in [-0.4, -0.2) is 43.8 Å². The van der Waals surface area contributed by atoms with Gasteiger partial charge in [-0.05, 0) is 37.6 Å². The van der Waals surface area contributed by atoms with E-state index in [1.807, 2.05) is 36.9 Å². The monoisotopic (exact) mass is 536 g/mol. The molecule has 1 fully saturated rings. The molecule has 0 aliphatic carbocycles. The van der Waals surface area contributed by atoms with Crippen molar-refractivity contribution in [3.05, 3.63) is 93.0 Å². The van der Waals surface area contributed by atoms with Crippen molar-refractivity contribution >= 4 is 10.0 Å². The Morgan fingerprint density at radius 3 is 2.27 bits per heavy atom. The van der Waals surface area contributed by atoms with Gasteiger partial charge >= 0.3 is 6.18 Å². The highest BCUT2D eigenvalue weighted by Gasteiger charge is 2.34. The SMILES string of the molecule is Cc1cc(C)cc(COc2coc(CN3CCN(S(=O)(=O)c4cccc(C(F)(F)F)c4)CC3)cc2=O)c1. The van der Waals surface area contributed by atoms with Gasteiger partial charge in [-0.15, -0.1) is 0 Å². The van der Waals surface area contributed by atoms with E-state index in [1.165, 1.54) is 16.6 Å². The summed E-state index contributed by atoms with van der Waals surface area (Å²) in [5.74, 6) is 0.498. The van der Waals surface area contributed by atoms with E-state index < -0.39 is 26.7 Å². The Balaban J connectivity index is 1.34. The number of sulfonamides is 1. The maximum Gasteiger partial charge on any atom is 0.416 e. The number of aryl methyl sites for hydroxylation is 2. The largest absolute Gasteiger partial charge is 0.482 e. The minimum Gasteiger partial charge on any atom is -0.482 e. The molecule has 2 aromatic carbocycles. The van der Waals surface area contributed by atoms with Crippen LogP contribution in [0.15, 0.2) is 68.9 Å². The zero-order valence-electron chi connectivity index (χ0n) is 20.4. The van der Waals surface area contributed by atoms with Gasteiger partial charge in [0, 0.05) is 32.2 Å². The average Bonchev–Trinajstić information content (AvgIpc) is 2.83. The van der Waals surface area contributed by atoms with Crippen LogP contribution >= 0.6 is 0 Å². The lowest BCUT2D eigenvalue weighted by molar-refractivity contribution is -0.137. The van der Waals surface area contributed by atoms with Crippen LogP contribution in [0.2, 0.25) is 0 Å².